The maximum absolute atomic E-state index is 12.3. The highest BCUT2D eigenvalue weighted by Crippen LogP contribution is 2.26. The molecule has 154 valence electrons. The second-order valence-electron chi connectivity index (χ2n) is 7.44. The molecular formula is C24H27N5O. The molecule has 0 saturated heterocycles. The molecule has 30 heavy (non-hydrogen) atoms. The van der Waals surface area contributed by atoms with Crippen LogP contribution in [0.1, 0.15) is 25.3 Å². The normalized spacial score (nSPS) is 13.8. The molecule has 4 rings (SSSR count). The van der Waals surface area contributed by atoms with E-state index in [2.05, 4.69) is 22.1 Å². The number of carbonyl (C=O) groups excluding carboxylic acids is 1. The van der Waals surface area contributed by atoms with E-state index in [9.17, 15) is 4.79 Å². The molecule has 1 aromatic carbocycles. The van der Waals surface area contributed by atoms with Crippen LogP contribution in [0.5, 0.6) is 0 Å². The minimum Gasteiger partial charge on any atom is -0.351 e. The van der Waals surface area contributed by atoms with Crippen molar-refractivity contribution in [2.24, 2.45) is 0 Å². The zero-order chi connectivity index (χ0) is 20.8. The van der Waals surface area contributed by atoms with Gasteiger partial charge in [0, 0.05) is 54.9 Å². The van der Waals surface area contributed by atoms with Gasteiger partial charge >= 0.3 is 0 Å². The molecule has 6 heteroatoms. The van der Waals surface area contributed by atoms with Crippen LogP contribution in [0.15, 0.2) is 67.1 Å². The third-order valence-corrected chi connectivity index (χ3v) is 5.28. The molecule has 0 spiro atoms. The Balaban J connectivity index is 1.48. The molecular weight excluding hydrogens is 374 g/mol. The highest BCUT2D eigenvalue weighted by Gasteiger charge is 2.27. The van der Waals surface area contributed by atoms with Gasteiger partial charge in [-0.3, -0.25) is 14.7 Å². The van der Waals surface area contributed by atoms with Crippen LogP contribution in [0.25, 0.3) is 23.0 Å². The van der Waals surface area contributed by atoms with Crippen molar-refractivity contribution in [2.45, 2.75) is 25.8 Å². The summed E-state index contributed by atoms with van der Waals surface area (Å²) in [6.45, 7) is 4.76. The fourth-order valence-corrected chi connectivity index (χ4v) is 3.54. The fraction of sp³-hybridized carbons (Fsp3) is 0.292. The third-order valence-electron chi connectivity index (χ3n) is 5.28. The summed E-state index contributed by atoms with van der Waals surface area (Å²) in [5, 5.41) is 7.73. The topological polar surface area (TPSA) is 63.1 Å². The lowest BCUT2D eigenvalue weighted by molar-refractivity contribution is -0.116. The minimum absolute atomic E-state index is 0.0913. The summed E-state index contributed by atoms with van der Waals surface area (Å²) in [4.78, 5) is 19.0. The predicted molar refractivity (Wildman–Crippen MR) is 119 cm³/mol. The van der Waals surface area contributed by atoms with E-state index in [1.165, 1.54) is 12.8 Å². The van der Waals surface area contributed by atoms with Gasteiger partial charge < -0.3 is 5.32 Å². The Kier molecular flexibility index (Phi) is 6.35. The molecule has 1 amide bonds. The standard InChI is InChI=1S/C24H27N5O/c1-2-28(21-11-12-21)16-15-26-23(30)13-10-20-18-29(22-8-4-3-5-9-22)27-24(20)19-7-6-14-25-17-19/h3-10,13-14,17-18,21H,2,11-12,15-16H2,1H3,(H,26,30). The highest BCUT2D eigenvalue weighted by molar-refractivity contribution is 5.92. The van der Waals surface area contributed by atoms with Crippen LogP contribution < -0.4 is 5.32 Å². The number of pyridine rings is 1. The fourth-order valence-electron chi connectivity index (χ4n) is 3.54. The number of amides is 1. The molecule has 2 aromatic heterocycles. The first-order valence-corrected chi connectivity index (χ1v) is 10.5. The first-order chi connectivity index (χ1) is 14.7. The number of carbonyl (C=O) groups is 1. The maximum atomic E-state index is 12.3. The largest absolute Gasteiger partial charge is 0.351 e. The Labute approximate surface area is 177 Å². The monoisotopic (exact) mass is 401 g/mol. The molecule has 1 aliphatic carbocycles. The lowest BCUT2D eigenvalue weighted by Crippen LogP contribution is -2.35. The smallest absolute Gasteiger partial charge is 0.244 e. The van der Waals surface area contributed by atoms with Crippen molar-refractivity contribution in [1.29, 1.82) is 0 Å². The number of rotatable bonds is 9. The van der Waals surface area contributed by atoms with Crippen LogP contribution in [0.4, 0.5) is 0 Å². The number of likely N-dealkylation sites (N-methyl/N-ethyl adjacent to an activating group) is 1. The summed E-state index contributed by atoms with van der Waals surface area (Å²) < 4.78 is 1.83. The van der Waals surface area contributed by atoms with E-state index in [0.717, 1.165) is 35.6 Å². The first-order valence-electron chi connectivity index (χ1n) is 10.5. The average molecular weight is 402 g/mol. The Morgan fingerprint density at radius 2 is 2.07 bits per heavy atom. The molecule has 0 aliphatic heterocycles. The van der Waals surface area contributed by atoms with Crippen LogP contribution in [-0.2, 0) is 4.79 Å². The second-order valence-corrected chi connectivity index (χ2v) is 7.44. The van der Waals surface area contributed by atoms with Gasteiger partial charge in [0.25, 0.3) is 0 Å². The molecule has 0 bridgehead atoms. The number of nitrogens with one attached hydrogen (secondary N) is 1. The van der Waals surface area contributed by atoms with E-state index in [0.29, 0.717) is 12.6 Å². The Morgan fingerprint density at radius 3 is 2.77 bits per heavy atom. The van der Waals surface area contributed by atoms with E-state index in [-0.39, 0.29) is 5.91 Å². The number of hydrogen-bond donors (Lipinski definition) is 1. The summed E-state index contributed by atoms with van der Waals surface area (Å²) in [6, 6.07) is 14.5. The van der Waals surface area contributed by atoms with E-state index >= 15 is 0 Å². The molecule has 6 nitrogen and oxygen atoms in total. The number of benzene rings is 1. The molecule has 1 aliphatic rings. The van der Waals surface area contributed by atoms with E-state index in [1.807, 2.05) is 59.4 Å². The Hall–Kier alpha value is -3.25. The van der Waals surface area contributed by atoms with E-state index in [1.54, 1.807) is 18.5 Å². The highest BCUT2D eigenvalue weighted by atomic mass is 16.1. The van der Waals surface area contributed by atoms with Gasteiger partial charge in [-0.05, 0) is 49.7 Å². The summed E-state index contributed by atoms with van der Waals surface area (Å²) >= 11 is 0. The number of aromatic nitrogens is 3. The van der Waals surface area contributed by atoms with Gasteiger partial charge in [0.15, 0.2) is 0 Å². The van der Waals surface area contributed by atoms with E-state index in [4.69, 9.17) is 5.10 Å². The van der Waals surface area contributed by atoms with Crippen molar-refractivity contribution in [2.75, 3.05) is 19.6 Å². The zero-order valence-electron chi connectivity index (χ0n) is 17.2. The maximum Gasteiger partial charge on any atom is 0.244 e. The SMILES string of the molecule is CCN(CCNC(=O)C=Cc1cn(-c2ccccc2)nc1-c1cccnc1)C1CC1. The third kappa shape index (κ3) is 5.02. The van der Waals surface area contributed by atoms with Crippen molar-refractivity contribution < 1.29 is 4.79 Å². The Bertz CT molecular complexity index is 993. The van der Waals surface area contributed by atoms with Crippen molar-refractivity contribution in [3.05, 3.63) is 72.7 Å². The summed E-state index contributed by atoms with van der Waals surface area (Å²) in [5.74, 6) is -0.0913. The van der Waals surface area contributed by atoms with Gasteiger partial charge in [0.1, 0.15) is 5.69 Å². The zero-order valence-corrected chi connectivity index (χ0v) is 17.2. The van der Waals surface area contributed by atoms with Crippen molar-refractivity contribution in [3.63, 3.8) is 0 Å². The summed E-state index contributed by atoms with van der Waals surface area (Å²) in [7, 11) is 0. The van der Waals surface area contributed by atoms with E-state index < -0.39 is 0 Å². The number of para-hydroxylation sites is 1. The first kappa shape index (κ1) is 20.0. The van der Waals surface area contributed by atoms with Crippen molar-refractivity contribution in [1.82, 2.24) is 25.0 Å². The summed E-state index contributed by atoms with van der Waals surface area (Å²) in [6.07, 6.45) is 11.4. The summed E-state index contributed by atoms with van der Waals surface area (Å²) in [5.41, 5.74) is 3.54. The molecule has 3 aromatic rings. The Morgan fingerprint density at radius 1 is 1.23 bits per heavy atom. The lowest BCUT2D eigenvalue weighted by atomic mass is 10.1. The average Bonchev–Trinajstić information content (AvgIpc) is 3.55. The minimum atomic E-state index is -0.0913. The van der Waals surface area contributed by atoms with Gasteiger partial charge in [-0.25, -0.2) is 4.68 Å². The van der Waals surface area contributed by atoms with Crippen LogP contribution in [0.2, 0.25) is 0 Å². The van der Waals surface area contributed by atoms with Gasteiger partial charge in [-0.15, -0.1) is 0 Å². The van der Waals surface area contributed by atoms with Gasteiger partial charge in [0.05, 0.1) is 5.69 Å². The second kappa shape index (κ2) is 9.50. The van der Waals surface area contributed by atoms with Crippen molar-refractivity contribution >= 4 is 12.0 Å². The number of nitrogens with zero attached hydrogens (tertiary/aromatic N) is 4. The van der Waals surface area contributed by atoms with Crippen LogP contribution in [-0.4, -0.2) is 51.2 Å². The van der Waals surface area contributed by atoms with Gasteiger partial charge in [-0.2, -0.15) is 5.10 Å². The molecule has 0 radical (unpaired) electrons. The lowest BCUT2D eigenvalue weighted by Gasteiger charge is -2.19. The van der Waals surface area contributed by atoms with Crippen LogP contribution in [0, 0.1) is 0 Å². The molecule has 0 atom stereocenters. The van der Waals surface area contributed by atoms with Crippen LogP contribution >= 0.6 is 0 Å². The molecule has 1 fully saturated rings. The van der Waals surface area contributed by atoms with Crippen molar-refractivity contribution in [3.8, 4) is 16.9 Å². The van der Waals surface area contributed by atoms with Gasteiger partial charge in [0.2, 0.25) is 5.91 Å². The molecule has 1 N–H and O–H groups in total. The quantitative estimate of drug-likeness (QED) is 0.557. The number of hydrogen-bond acceptors (Lipinski definition) is 4. The molecule has 2 heterocycles. The van der Waals surface area contributed by atoms with Crippen LogP contribution in [0.3, 0.4) is 0 Å². The van der Waals surface area contributed by atoms with Gasteiger partial charge in [-0.1, -0.05) is 25.1 Å². The predicted octanol–water partition coefficient (Wildman–Crippen LogP) is 3.55. The molecule has 0 unspecified atom stereocenters. The molecule has 1 saturated carbocycles.